The van der Waals surface area contributed by atoms with Gasteiger partial charge in [0.2, 0.25) is 5.91 Å². The van der Waals surface area contributed by atoms with Crippen molar-refractivity contribution in [3.8, 4) is 0 Å². The molecular weight excluding hydrogens is 428 g/mol. The highest BCUT2D eigenvalue weighted by Crippen LogP contribution is 2.40. The monoisotopic (exact) mass is 458 g/mol. The van der Waals surface area contributed by atoms with E-state index in [1.54, 1.807) is 12.1 Å². The summed E-state index contributed by atoms with van der Waals surface area (Å²) >= 11 is 6.95. The maximum atomic E-state index is 12.1. The van der Waals surface area contributed by atoms with Gasteiger partial charge < -0.3 is 15.7 Å². The molecule has 32 heavy (non-hydrogen) atoms. The van der Waals surface area contributed by atoms with Crippen LogP contribution in [0.2, 0.25) is 5.02 Å². The van der Waals surface area contributed by atoms with Gasteiger partial charge in [-0.2, -0.15) is 0 Å². The van der Waals surface area contributed by atoms with Crippen LogP contribution in [0.15, 0.2) is 12.1 Å². The van der Waals surface area contributed by atoms with Crippen molar-refractivity contribution in [2.24, 2.45) is 5.73 Å². The Morgan fingerprint density at radius 1 is 1.19 bits per heavy atom. The van der Waals surface area contributed by atoms with Crippen LogP contribution in [0.5, 0.6) is 0 Å². The van der Waals surface area contributed by atoms with Crippen molar-refractivity contribution in [1.82, 2.24) is 14.8 Å². The number of carbonyl (C=O) groups excluding carboxylic acids is 1. The first-order valence-corrected chi connectivity index (χ1v) is 11.9. The first kappa shape index (κ1) is 23.0. The van der Waals surface area contributed by atoms with E-state index in [1.165, 1.54) is 0 Å². The van der Waals surface area contributed by atoms with Gasteiger partial charge in [0, 0.05) is 49.7 Å². The third-order valence-electron chi connectivity index (χ3n) is 6.71. The summed E-state index contributed by atoms with van der Waals surface area (Å²) in [4.78, 5) is 33.5. The van der Waals surface area contributed by atoms with Crippen LogP contribution in [0.25, 0.3) is 10.9 Å². The van der Waals surface area contributed by atoms with E-state index >= 15 is 0 Å². The first-order chi connectivity index (χ1) is 15.4. The maximum absolute atomic E-state index is 12.1. The van der Waals surface area contributed by atoms with Gasteiger partial charge >= 0.3 is 5.97 Å². The molecule has 1 unspecified atom stereocenters. The molecule has 1 saturated heterocycles. The van der Waals surface area contributed by atoms with Crippen molar-refractivity contribution in [2.75, 3.05) is 32.7 Å². The largest absolute Gasteiger partial charge is 0.478 e. The molecule has 3 N–H and O–H groups in total. The standard InChI is InChI=1S/C24H31ClN4O3/c1-2-7-28-8-10-29(11-9-28)20(14-21(26)30)17-12-15(24(31)32)13-19-22(17)23(25)16-5-3-4-6-18(16)27-19/h12-13,20H,2-11,14H2,1H3,(H2,26,30)(H,31,32). The molecule has 2 aliphatic rings. The quantitative estimate of drug-likeness (QED) is 0.659. The minimum atomic E-state index is -1.02. The van der Waals surface area contributed by atoms with E-state index in [4.69, 9.17) is 22.3 Å². The van der Waals surface area contributed by atoms with Gasteiger partial charge in [-0.1, -0.05) is 18.5 Å². The number of fused-ring (bicyclic) bond motifs is 2. The van der Waals surface area contributed by atoms with Crippen molar-refractivity contribution in [1.29, 1.82) is 0 Å². The fourth-order valence-corrected chi connectivity index (χ4v) is 5.56. The van der Waals surface area contributed by atoms with Crippen LogP contribution in [-0.2, 0) is 17.6 Å². The van der Waals surface area contributed by atoms with E-state index < -0.39 is 11.9 Å². The lowest BCUT2D eigenvalue weighted by Gasteiger charge is -2.39. The van der Waals surface area contributed by atoms with Gasteiger partial charge in [-0.3, -0.25) is 14.7 Å². The number of piperazine rings is 1. The SMILES string of the molecule is CCCN1CCN(C(CC(N)=O)c2cc(C(=O)O)cc3nc4c(c(Cl)c23)CCCC4)CC1. The van der Waals surface area contributed by atoms with Crippen LogP contribution in [-0.4, -0.2) is 64.5 Å². The number of aryl methyl sites for hydroxylation is 1. The molecule has 1 aliphatic heterocycles. The molecule has 7 nitrogen and oxygen atoms in total. The second kappa shape index (κ2) is 9.73. The number of carboxylic acid groups (broad SMARTS) is 1. The minimum absolute atomic E-state index is 0.110. The Labute approximate surface area is 193 Å². The van der Waals surface area contributed by atoms with Crippen molar-refractivity contribution in [3.63, 3.8) is 0 Å². The number of carboxylic acids is 1. The van der Waals surface area contributed by atoms with E-state index in [0.717, 1.165) is 87.0 Å². The van der Waals surface area contributed by atoms with Crippen LogP contribution < -0.4 is 5.73 Å². The molecule has 1 amide bonds. The Morgan fingerprint density at radius 3 is 2.56 bits per heavy atom. The fourth-order valence-electron chi connectivity index (χ4n) is 5.15. The van der Waals surface area contributed by atoms with Crippen molar-refractivity contribution < 1.29 is 14.7 Å². The molecule has 0 bridgehead atoms. The molecule has 0 spiro atoms. The number of aromatic nitrogens is 1. The molecule has 1 atom stereocenters. The number of amides is 1. The van der Waals surface area contributed by atoms with Crippen LogP contribution in [0.4, 0.5) is 0 Å². The van der Waals surface area contributed by atoms with Gasteiger partial charge in [0.05, 0.1) is 16.1 Å². The predicted molar refractivity (Wildman–Crippen MR) is 125 cm³/mol. The van der Waals surface area contributed by atoms with Crippen molar-refractivity contribution in [3.05, 3.63) is 39.5 Å². The lowest BCUT2D eigenvalue weighted by atomic mass is 9.89. The van der Waals surface area contributed by atoms with Gasteiger partial charge in [-0.15, -0.1) is 0 Å². The van der Waals surface area contributed by atoms with Crippen LogP contribution in [0.3, 0.4) is 0 Å². The molecule has 8 heteroatoms. The summed E-state index contributed by atoms with van der Waals surface area (Å²) in [5.41, 5.74) is 9.17. The normalized spacial score (nSPS) is 18.4. The first-order valence-electron chi connectivity index (χ1n) is 11.5. The Hall–Kier alpha value is -2.22. The maximum Gasteiger partial charge on any atom is 0.335 e. The summed E-state index contributed by atoms with van der Waals surface area (Å²) in [7, 11) is 0. The van der Waals surface area contributed by atoms with E-state index in [0.29, 0.717) is 10.5 Å². The van der Waals surface area contributed by atoms with Gasteiger partial charge in [-0.05, 0) is 61.9 Å². The molecule has 4 rings (SSSR count). The smallest absolute Gasteiger partial charge is 0.335 e. The van der Waals surface area contributed by atoms with Crippen molar-refractivity contribution in [2.45, 2.75) is 51.5 Å². The lowest BCUT2D eigenvalue weighted by Crippen LogP contribution is -2.48. The number of hydrogen-bond donors (Lipinski definition) is 2. The number of hydrogen-bond acceptors (Lipinski definition) is 5. The van der Waals surface area contributed by atoms with E-state index in [9.17, 15) is 14.7 Å². The number of carbonyl (C=O) groups is 2. The highest BCUT2D eigenvalue weighted by Gasteiger charge is 2.30. The second-order valence-electron chi connectivity index (χ2n) is 8.89. The fraction of sp³-hybridized carbons (Fsp3) is 0.542. The Morgan fingerprint density at radius 2 is 1.91 bits per heavy atom. The summed E-state index contributed by atoms with van der Waals surface area (Å²) in [5.74, 6) is -1.43. The highest BCUT2D eigenvalue weighted by atomic mass is 35.5. The highest BCUT2D eigenvalue weighted by molar-refractivity contribution is 6.36. The van der Waals surface area contributed by atoms with Gasteiger partial charge in [0.25, 0.3) is 0 Å². The van der Waals surface area contributed by atoms with E-state index in [1.807, 2.05) is 0 Å². The summed E-state index contributed by atoms with van der Waals surface area (Å²) in [5, 5.41) is 11.2. The predicted octanol–water partition coefficient (Wildman–Crippen LogP) is 3.41. The third kappa shape index (κ3) is 4.60. The van der Waals surface area contributed by atoms with Crippen LogP contribution >= 0.6 is 11.6 Å². The summed E-state index contributed by atoms with van der Waals surface area (Å²) in [6.45, 7) is 6.59. The molecule has 1 aromatic heterocycles. The van der Waals surface area contributed by atoms with Gasteiger partial charge in [-0.25, -0.2) is 4.79 Å². The number of pyridine rings is 1. The summed E-state index contributed by atoms with van der Waals surface area (Å²) < 4.78 is 0. The minimum Gasteiger partial charge on any atom is -0.478 e. The molecule has 2 aromatic rings. The Bertz CT molecular complexity index is 1030. The molecule has 1 aromatic carbocycles. The van der Waals surface area contributed by atoms with Gasteiger partial charge in [0.1, 0.15) is 0 Å². The number of halogens is 1. The number of benzene rings is 1. The topological polar surface area (TPSA) is 99.8 Å². The van der Waals surface area contributed by atoms with Crippen LogP contribution in [0.1, 0.15) is 65.8 Å². The number of rotatable bonds is 7. The lowest BCUT2D eigenvalue weighted by molar-refractivity contribution is -0.119. The average Bonchev–Trinajstić information content (AvgIpc) is 2.77. The van der Waals surface area contributed by atoms with Crippen LogP contribution in [0, 0.1) is 0 Å². The molecule has 2 heterocycles. The molecule has 0 radical (unpaired) electrons. The Kier molecular flexibility index (Phi) is 6.98. The molecular formula is C24H31ClN4O3. The third-order valence-corrected chi connectivity index (χ3v) is 7.13. The molecule has 172 valence electrons. The van der Waals surface area contributed by atoms with E-state index in [-0.39, 0.29) is 18.0 Å². The molecule has 0 saturated carbocycles. The van der Waals surface area contributed by atoms with E-state index in [2.05, 4.69) is 16.7 Å². The van der Waals surface area contributed by atoms with Gasteiger partial charge in [0.15, 0.2) is 0 Å². The summed E-state index contributed by atoms with van der Waals surface area (Å²) in [6.07, 6.45) is 5.04. The zero-order valence-corrected chi connectivity index (χ0v) is 19.3. The summed E-state index contributed by atoms with van der Waals surface area (Å²) in [6, 6.07) is 2.93. The Balaban J connectivity index is 1.84. The second-order valence-corrected chi connectivity index (χ2v) is 9.26. The number of aromatic carboxylic acids is 1. The molecule has 1 fully saturated rings. The number of nitrogens with zero attached hydrogens (tertiary/aromatic N) is 3. The number of nitrogens with two attached hydrogens (primary N) is 1. The molecule has 1 aliphatic carbocycles. The number of primary amides is 1. The zero-order valence-electron chi connectivity index (χ0n) is 18.6. The van der Waals surface area contributed by atoms with Crippen molar-refractivity contribution >= 4 is 34.4 Å². The zero-order chi connectivity index (χ0) is 22.8. The average molecular weight is 459 g/mol.